The van der Waals surface area contributed by atoms with Gasteiger partial charge in [0, 0.05) is 35.4 Å². The molecular weight excluding hydrogens is 267 g/mol. The molecule has 1 amide bonds. The van der Waals surface area contributed by atoms with Gasteiger partial charge in [0.1, 0.15) is 5.82 Å². The number of hydrogen-bond acceptors (Lipinski definition) is 3. The quantitative estimate of drug-likeness (QED) is 0.884. The second-order valence-corrected chi connectivity index (χ2v) is 6.20. The van der Waals surface area contributed by atoms with Gasteiger partial charge in [0.05, 0.1) is 11.3 Å². The Balaban J connectivity index is 2.08. The summed E-state index contributed by atoms with van der Waals surface area (Å²) in [6, 6.07) is 4.44. The number of rotatable bonds is 3. The molecular formula is C13H17FN2O2S. The first-order valence-electron chi connectivity index (χ1n) is 6.24. The molecule has 0 saturated carbocycles. The van der Waals surface area contributed by atoms with E-state index in [1.807, 2.05) is 0 Å². The average molecular weight is 284 g/mol. The van der Waals surface area contributed by atoms with Crippen LogP contribution in [0.25, 0.3) is 0 Å². The van der Waals surface area contributed by atoms with Gasteiger partial charge >= 0.3 is 0 Å². The van der Waals surface area contributed by atoms with Crippen LogP contribution in [0.1, 0.15) is 23.2 Å². The Hall–Kier alpha value is -1.43. The second kappa shape index (κ2) is 6.14. The van der Waals surface area contributed by atoms with E-state index in [-0.39, 0.29) is 17.6 Å². The van der Waals surface area contributed by atoms with Gasteiger partial charge in [-0.2, -0.15) is 0 Å². The van der Waals surface area contributed by atoms with E-state index < -0.39 is 16.6 Å². The summed E-state index contributed by atoms with van der Waals surface area (Å²) in [5.74, 6) is 0.501. The van der Waals surface area contributed by atoms with E-state index in [0.29, 0.717) is 29.9 Å². The molecule has 19 heavy (non-hydrogen) atoms. The lowest BCUT2D eigenvalue weighted by Gasteiger charge is -2.23. The molecule has 1 heterocycles. The number of carbonyl (C=O) groups excluding carboxylic acids is 1. The number of halogens is 1. The maximum atomic E-state index is 13.6. The summed E-state index contributed by atoms with van der Waals surface area (Å²) >= 11 is 0. The van der Waals surface area contributed by atoms with Crippen LogP contribution in [-0.2, 0) is 10.8 Å². The van der Waals surface area contributed by atoms with Gasteiger partial charge in [0.2, 0.25) is 0 Å². The van der Waals surface area contributed by atoms with Crippen molar-refractivity contribution in [3.63, 3.8) is 0 Å². The fourth-order valence-corrected chi connectivity index (χ4v) is 3.47. The highest BCUT2D eigenvalue weighted by atomic mass is 32.2. The van der Waals surface area contributed by atoms with Crippen LogP contribution in [0.2, 0.25) is 0 Å². The monoisotopic (exact) mass is 284 g/mol. The van der Waals surface area contributed by atoms with Crippen LogP contribution >= 0.6 is 0 Å². The summed E-state index contributed by atoms with van der Waals surface area (Å²) in [6.45, 7) is 0. The molecule has 0 aromatic heterocycles. The molecule has 1 aromatic carbocycles. The Labute approximate surface area is 114 Å². The van der Waals surface area contributed by atoms with Gasteiger partial charge < -0.3 is 10.6 Å². The van der Waals surface area contributed by atoms with Gasteiger partial charge in [-0.15, -0.1) is 0 Å². The third-order valence-corrected chi connectivity index (χ3v) is 4.61. The highest BCUT2D eigenvalue weighted by molar-refractivity contribution is 7.85. The van der Waals surface area contributed by atoms with Crippen molar-refractivity contribution >= 4 is 22.4 Å². The normalized spacial score (nSPS) is 22.8. The highest BCUT2D eigenvalue weighted by Crippen LogP contribution is 2.20. The Morgan fingerprint density at radius 2 is 2.05 bits per heavy atom. The van der Waals surface area contributed by atoms with Crippen molar-refractivity contribution < 1.29 is 13.4 Å². The second-order valence-electron chi connectivity index (χ2n) is 4.51. The Kier molecular flexibility index (Phi) is 4.52. The van der Waals surface area contributed by atoms with E-state index in [4.69, 9.17) is 0 Å². The summed E-state index contributed by atoms with van der Waals surface area (Å²) in [6.07, 6.45) is 1.42. The third kappa shape index (κ3) is 3.32. The predicted molar refractivity (Wildman–Crippen MR) is 74.3 cm³/mol. The molecule has 104 valence electrons. The molecule has 0 bridgehead atoms. The number of hydrogen-bond donors (Lipinski definition) is 2. The van der Waals surface area contributed by atoms with Crippen LogP contribution in [0.5, 0.6) is 0 Å². The molecule has 0 spiro atoms. The van der Waals surface area contributed by atoms with Gasteiger partial charge in [-0.3, -0.25) is 9.00 Å². The van der Waals surface area contributed by atoms with Crippen LogP contribution in [0.3, 0.4) is 0 Å². The van der Waals surface area contributed by atoms with Gasteiger partial charge in [0.25, 0.3) is 5.91 Å². The Morgan fingerprint density at radius 1 is 1.37 bits per heavy atom. The molecule has 1 fully saturated rings. The Morgan fingerprint density at radius 3 is 2.68 bits per heavy atom. The molecule has 0 unspecified atom stereocenters. The zero-order valence-electron chi connectivity index (χ0n) is 10.7. The van der Waals surface area contributed by atoms with Crippen LogP contribution in [0, 0.1) is 5.82 Å². The van der Waals surface area contributed by atoms with Crippen molar-refractivity contribution in [2.75, 3.05) is 23.9 Å². The maximum Gasteiger partial charge on any atom is 0.253 e. The number of carbonyl (C=O) groups is 1. The van der Waals surface area contributed by atoms with E-state index in [1.165, 1.54) is 12.1 Å². The SMILES string of the molecule is CNc1c(F)cccc1C(=O)NC1CCS(=O)CC1. The minimum absolute atomic E-state index is 0.0261. The zero-order chi connectivity index (χ0) is 13.8. The summed E-state index contributed by atoms with van der Waals surface area (Å²) < 4.78 is 24.8. The lowest BCUT2D eigenvalue weighted by Crippen LogP contribution is -2.39. The van der Waals surface area contributed by atoms with Crippen molar-refractivity contribution in [2.24, 2.45) is 0 Å². The number of nitrogens with one attached hydrogen (secondary N) is 2. The van der Waals surface area contributed by atoms with E-state index in [1.54, 1.807) is 13.1 Å². The van der Waals surface area contributed by atoms with Crippen LogP contribution < -0.4 is 10.6 Å². The Bertz CT molecular complexity index is 497. The summed E-state index contributed by atoms with van der Waals surface area (Å²) in [5, 5.41) is 5.58. The predicted octanol–water partition coefficient (Wildman–Crippen LogP) is 1.51. The summed E-state index contributed by atoms with van der Waals surface area (Å²) in [4.78, 5) is 12.1. The zero-order valence-corrected chi connectivity index (χ0v) is 11.6. The lowest BCUT2D eigenvalue weighted by molar-refractivity contribution is 0.0935. The standard InChI is InChI=1S/C13H17FN2O2S/c1-15-12-10(3-2-4-11(12)14)13(17)16-9-5-7-19(18)8-6-9/h2-4,9,15H,5-8H2,1H3,(H,16,17). The van der Waals surface area contributed by atoms with Crippen molar-refractivity contribution in [1.82, 2.24) is 5.32 Å². The molecule has 4 nitrogen and oxygen atoms in total. The van der Waals surface area contributed by atoms with Gasteiger partial charge in [-0.05, 0) is 25.0 Å². The van der Waals surface area contributed by atoms with Crippen molar-refractivity contribution in [2.45, 2.75) is 18.9 Å². The lowest BCUT2D eigenvalue weighted by atomic mass is 10.1. The fourth-order valence-electron chi connectivity index (χ4n) is 2.17. The minimum Gasteiger partial charge on any atom is -0.385 e. The van der Waals surface area contributed by atoms with Gasteiger partial charge in [-0.25, -0.2) is 4.39 Å². The van der Waals surface area contributed by atoms with E-state index in [0.717, 1.165) is 0 Å². The molecule has 1 saturated heterocycles. The van der Waals surface area contributed by atoms with E-state index in [9.17, 15) is 13.4 Å². The van der Waals surface area contributed by atoms with Crippen molar-refractivity contribution in [1.29, 1.82) is 0 Å². The average Bonchev–Trinajstić information content (AvgIpc) is 2.41. The fraction of sp³-hybridized carbons (Fsp3) is 0.462. The van der Waals surface area contributed by atoms with Crippen molar-refractivity contribution in [3.8, 4) is 0 Å². The molecule has 2 N–H and O–H groups in total. The molecule has 2 rings (SSSR count). The van der Waals surface area contributed by atoms with Crippen LogP contribution in [0.15, 0.2) is 18.2 Å². The molecule has 1 aliphatic rings. The molecule has 0 atom stereocenters. The molecule has 0 radical (unpaired) electrons. The first-order chi connectivity index (χ1) is 9.11. The minimum atomic E-state index is -0.754. The number of benzene rings is 1. The van der Waals surface area contributed by atoms with Gasteiger partial charge in [-0.1, -0.05) is 6.07 Å². The highest BCUT2D eigenvalue weighted by Gasteiger charge is 2.21. The number of amides is 1. The first kappa shape index (κ1) is 14.0. The summed E-state index contributed by atoms with van der Waals surface area (Å²) in [5.41, 5.74) is 0.508. The molecule has 0 aliphatic carbocycles. The van der Waals surface area contributed by atoms with Crippen LogP contribution in [-0.4, -0.2) is 34.7 Å². The number of para-hydroxylation sites is 1. The van der Waals surface area contributed by atoms with Gasteiger partial charge in [0.15, 0.2) is 0 Å². The first-order valence-corrected chi connectivity index (χ1v) is 7.72. The number of anilines is 1. The largest absolute Gasteiger partial charge is 0.385 e. The van der Waals surface area contributed by atoms with E-state index in [2.05, 4.69) is 10.6 Å². The topological polar surface area (TPSA) is 58.2 Å². The molecule has 1 aromatic rings. The molecule has 6 heteroatoms. The van der Waals surface area contributed by atoms with Crippen molar-refractivity contribution in [3.05, 3.63) is 29.6 Å². The molecule has 1 aliphatic heterocycles. The smallest absolute Gasteiger partial charge is 0.253 e. The van der Waals surface area contributed by atoms with E-state index >= 15 is 0 Å². The van der Waals surface area contributed by atoms with Crippen LogP contribution in [0.4, 0.5) is 10.1 Å². The maximum absolute atomic E-state index is 13.6. The third-order valence-electron chi connectivity index (χ3n) is 3.23. The summed E-state index contributed by atoms with van der Waals surface area (Å²) in [7, 11) is 0.829.